The van der Waals surface area contributed by atoms with Gasteiger partial charge in [-0.05, 0) is 46.5 Å². The number of halogens is 3. The van der Waals surface area contributed by atoms with Crippen LogP contribution in [0.15, 0.2) is 109 Å². The molecule has 0 saturated carbocycles. The molecular weight excluding hydrogens is 509 g/mol. The summed E-state index contributed by atoms with van der Waals surface area (Å²) < 4.78 is 37.7. The zero-order chi connectivity index (χ0) is 28.3. The van der Waals surface area contributed by atoms with Crippen LogP contribution < -0.4 is 15.8 Å². The van der Waals surface area contributed by atoms with E-state index in [1.54, 1.807) is 12.1 Å². The van der Waals surface area contributed by atoms with Crippen molar-refractivity contribution in [3.05, 3.63) is 126 Å². The molecule has 0 saturated heterocycles. The molecule has 0 aliphatic carbocycles. The first-order valence-corrected chi connectivity index (χ1v) is 11.9. The normalized spacial score (nSPS) is 10.9. The zero-order valence-corrected chi connectivity index (χ0v) is 20.8. The number of nitrogens with two attached hydrogens (primary N) is 1. The molecule has 1 amide bonds. The van der Waals surface area contributed by atoms with E-state index in [0.29, 0.717) is 18.7 Å². The summed E-state index contributed by atoms with van der Waals surface area (Å²) in [6, 6.07) is 36.1. The second-order valence-corrected chi connectivity index (χ2v) is 8.33. The Labute approximate surface area is 223 Å². The minimum Gasteiger partial charge on any atom is -0.492 e. The maximum absolute atomic E-state index is 11.4. The van der Waals surface area contributed by atoms with E-state index < -0.39 is 18.1 Å². The Hall–Kier alpha value is -4.63. The van der Waals surface area contributed by atoms with Gasteiger partial charge in [-0.15, -0.1) is 0 Å². The molecule has 0 heterocycles. The number of primary amides is 1. The Bertz CT molecular complexity index is 1310. The number of hydrogen-bond acceptors (Lipinski definition) is 4. The van der Waals surface area contributed by atoms with E-state index in [1.165, 1.54) is 11.1 Å². The minimum absolute atomic E-state index is 0.112. The summed E-state index contributed by atoms with van der Waals surface area (Å²) in [6.07, 6.45) is -5.08. The van der Waals surface area contributed by atoms with Crippen LogP contribution in [-0.2, 0) is 4.79 Å². The molecule has 0 aliphatic rings. The van der Waals surface area contributed by atoms with Gasteiger partial charge in [-0.1, -0.05) is 84.9 Å². The Morgan fingerprint density at radius 2 is 1.33 bits per heavy atom. The lowest BCUT2D eigenvalue weighted by atomic mass is 9.99. The molecule has 4 aromatic rings. The second kappa shape index (κ2) is 13.8. The third-order valence-electron chi connectivity index (χ3n) is 5.56. The molecule has 0 aromatic heterocycles. The predicted molar refractivity (Wildman–Crippen MR) is 142 cm³/mol. The lowest BCUT2D eigenvalue weighted by Gasteiger charge is -2.20. The van der Waals surface area contributed by atoms with E-state index in [-0.39, 0.29) is 6.04 Å². The largest absolute Gasteiger partial charge is 0.492 e. The predicted octanol–water partition coefficient (Wildman–Crippen LogP) is 5.84. The van der Waals surface area contributed by atoms with Crippen molar-refractivity contribution in [2.45, 2.75) is 12.2 Å². The van der Waals surface area contributed by atoms with E-state index in [1.807, 2.05) is 48.5 Å². The third kappa shape index (κ3) is 9.01. The fraction of sp³-hybridized carbons (Fsp3) is 0.133. The van der Waals surface area contributed by atoms with Crippen LogP contribution in [-0.4, -0.2) is 36.3 Å². The van der Waals surface area contributed by atoms with Gasteiger partial charge in [0.15, 0.2) is 0 Å². The number of ether oxygens (including phenoxy) is 1. The molecule has 39 heavy (non-hydrogen) atoms. The molecule has 4 aromatic carbocycles. The maximum Gasteiger partial charge on any atom is 0.490 e. The molecule has 202 valence electrons. The van der Waals surface area contributed by atoms with Crippen molar-refractivity contribution >= 4 is 11.9 Å². The number of carboxylic acid groups (broad SMARTS) is 1. The fourth-order valence-corrected chi connectivity index (χ4v) is 3.69. The van der Waals surface area contributed by atoms with Crippen LogP contribution in [0, 0.1) is 0 Å². The van der Waals surface area contributed by atoms with Crippen LogP contribution in [0.2, 0.25) is 0 Å². The Morgan fingerprint density at radius 3 is 1.82 bits per heavy atom. The van der Waals surface area contributed by atoms with Crippen LogP contribution >= 0.6 is 0 Å². The van der Waals surface area contributed by atoms with E-state index in [2.05, 4.69) is 53.8 Å². The highest BCUT2D eigenvalue weighted by molar-refractivity contribution is 5.94. The summed E-state index contributed by atoms with van der Waals surface area (Å²) in [5.41, 5.74) is 10.3. The third-order valence-corrected chi connectivity index (χ3v) is 5.56. The van der Waals surface area contributed by atoms with E-state index in [4.69, 9.17) is 20.4 Å². The highest BCUT2D eigenvalue weighted by atomic mass is 19.4. The molecule has 0 fully saturated rings. The van der Waals surface area contributed by atoms with Gasteiger partial charge in [0.05, 0.1) is 6.04 Å². The first-order valence-electron chi connectivity index (χ1n) is 11.9. The molecule has 0 spiro atoms. The molecule has 6 nitrogen and oxygen atoms in total. The molecule has 4 N–H and O–H groups in total. The van der Waals surface area contributed by atoms with E-state index in [9.17, 15) is 18.0 Å². The van der Waals surface area contributed by atoms with Gasteiger partial charge in [-0.3, -0.25) is 4.79 Å². The number of carbonyl (C=O) groups is 2. The van der Waals surface area contributed by atoms with Crippen LogP contribution in [0.5, 0.6) is 5.75 Å². The summed E-state index contributed by atoms with van der Waals surface area (Å²) in [7, 11) is 0. The average Bonchev–Trinajstić information content (AvgIpc) is 2.94. The van der Waals surface area contributed by atoms with Gasteiger partial charge >= 0.3 is 12.1 Å². The standard InChI is InChI=1S/C28H26N2O2.C2HF3O2/c29-28(31)25-13-7-12-24(20-25)21-14-16-26(17-15-21)32-19-18-30-27(22-8-3-1-4-9-22)23-10-5-2-6-11-23;3-2(4,5)1(6)7/h1-17,20,27,30H,18-19H2,(H2,29,31);(H,6,7). The van der Waals surface area contributed by atoms with Gasteiger partial charge in [0, 0.05) is 12.1 Å². The van der Waals surface area contributed by atoms with Crippen molar-refractivity contribution in [2.75, 3.05) is 13.2 Å². The van der Waals surface area contributed by atoms with Gasteiger partial charge in [0.1, 0.15) is 12.4 Å². The minimum atomic E-state index is -5.08. The SMILES string of the molecule is NC(=O)c1cccc(-c2ccc(OCCNC(c3ccccc3)c3ccccc3)cc2)c1.O=C(O)C(F)(F)F. The van der Waals surface area contributed by atoms with Gasteiger partial charge < -0.3 is 20.9 Å². The smallest absolute Gasteiger partial charge is 0.490 e. The summed E-state index contributed by atoms with van der Waals surface area (Å²) in [5.74, 6) is -2.38. The maximum atomic E-state index is 11.4. The number of nitrogens with one attached hydrogen (secondary N) is 1. The molecule has 9 heteroatoms. The lowest BCUT2D eigenvalue weighted by molar-refractivity contribution is -0.192. The van der Waals surface area contributed by atoms with Gasteiger partial charge in [-0.2, -0.15) is 13.2 Å². The molecule has 0 radical (unpaired) electrons. The van der Waals surface area contributed by atoms with Crippen LogP contribution in [0.3, 0.4) is 0 Å². The molecular formula is C30H27F3N2O4. The summed E-state index contributed by atoms with van der Waals surface area (Å²) in [5, 5.41) is 10.7. The number of carboxylic acids is 1. The molecule has 0 atom stereocenters. The van der Waals surface area contributed by atoms with Crippen LogP contribution in [0.1, 0.15) is 27.5 Å². The summed E-state index contributed by atoms with van der Waals surface area (Å²) in [4.78, 5) is 20.3. The number of alkyl halides is 3. The number of benzene rings is 4. The number of carbonyl (C=O) groups excluding carboxylic acids is 1. The quantitative estimate of drug-likeness (QED) is 0.233. The Balaban J connectivity index is 0.000000532. The van der Waals surface area contributed by atoms with Gasteiger partial charge in [0.25, 0.3) is 0 Å². The van der Waals surface area contributed by atoms with Crippen LogP contribution in [0.4, 0.5) is 13.2 Å². The number of rotatable bonds is 9. The highest BCUT2D eigenvalue weighted by Gasteiger charge is 2.38. The fourth-order valence-electron chi connectivity index (χ4n) is 3.69. The monoisotopic (exact) mass is 536 g/mol. The van der Waals surface area contributed by atoms with E-state index >= 15 is 0 Å². The molecule has 4 rings (SSSR count). The summed E-state index contributed by atoms with van der Waals surface area (Å²) >= 11 is 0. The van der Waals surface area contributed by atoms with Gasteiger partial charge in [-0.25, -0.2) is 4.79 Å². The number of aliphatic carboxylic acids is 1. The van der Waals surface area contributed by atoms with Gasteiger partial charge in [0.2, 0.25) is 5.91 Å². The zero-order valence-electron chi connectivity index (χ0n) is 20.8. The number of hydrogen-bond donors (Lipinski definition) is 3. The molecule has 0 aliphatic heterocycles. The molecule has 0 unspecified atom stereocenters. The first-order chi connectivity index (χ1) is 18.6. The Kier molecular flexibility index (Phi) is 10.2. The van der Waals surface area contributed by atoms with Crippen molar-refractivity contribution in [3.63, 3.8) is 0 Å². The highest BCUT2D eigenvalue weighted by Crippen LogP contribution is 2.24. The second-order valence-electron chi connectivity index (χ2n) is 8.33. The Morgan fingerprint density at radius 1 is 0.795 bits per heavy atom. The van der Waals surface area contributed by atoms with Crippen molar-refractivity contribution < 1.29 is 32.6 Å². The topological polar surface area (TPSA) is 102 Å². The first kappa shape index (κ1) is 28.9. The van der Waals surface area contributed by atoms with Crippen molar-refractivity contribution in [3.8, 4) is 16.9 Å². The van der Waals surface area contributed by atoms with E-state index in [0.717, 1.165) is 16.9 Å². The molecule has 0 bridgehead atoms. The van der Waals surface area contributed by atoms with Crippen molar-refractivity contribution in [2.24, 2.45) is 5.73 Å². The lowest BCUT2D eigenvalue weighted by Crippen LogP contribution is -2.27. The van der Waals surface area contributed by atoms with Crippen molar-refractivity contribution in [1.82, 2.24) is 5.32 Å². The van der Waals surface area contributed by atoms with Crippen LogP contribution in [0.25, 0.3) is 11.1 Å². The summed E-state index contributed by atoms with van der Waals surface area (Å²) in [6.45, 7) is 1.25. The van der Waals surface area contributed by atoms with Crippen molar-refractivity contribution in [1.29, 1.82) is 0 Å². The average molecular weight is 537 g/mol. The number of amides is 1.